The van der Waals surface area contributed by atoms with E-state index in [0.717, 1.165) is 67.3 Å². The van der Waals surface area contributed by atoms with Crippen molar-refractivity contribution in [2.24, 2.45) is 0 Å². The van der Waals surface area contributed by atoms with E-state index in [9.17, 15) is 0 Å². The molecule has 4 heteroatoms. The third-order valence-corrected chi connectivity index (χ3v) is 9.42. The summed E-state index contributed by atoms with van der Waals surface area (Å²) in [5, 5.41) is 3.57. The molecule has 1 aliphatic heterocycles. The van der Waals surface area contributed by atoms with E-state index in [2.05, 4.69) is 168 Å². The Bertz CT molecular complexity index is 2440. The summed E-state index contributed by atoms with van der Waals surface area (Å²) in [6.07, 6.45) is 0. The van der Waals surface area contributed by atoms with Crippen molar-refractivity contribution in [2.75, 3.05) is 9.80 Å². The molecule has 2 heterocycles. The van der Waals surface area contributed by atoms with Crippen LogP contribution in [0.3, 0.4) is 0 Å². The predicted molar refractivity (Wildman–Crippen MR) is 203 cm³/mol. The Morgan fingerprint density at radius 1 is 0.500 bits per heavy atom. The molecule has 3 nitrogen and oxygen atoms in total. The molecule has 9 rings (SSSR count). The normalized spacial score (nSPS) is 12.3. The van der Waals surface area contributed by atoms with Crippen LogP contribution in [-0.4, -0.2) is 12.8 Å². The van der Waals surface area contributed by atoms with Gasteiger partial charge in [0, 0.05) is 16.6 Å². The number of rotatable bonds is 4. The van der Waals surface area contributed by atoms with Crippen LogP contribution in [0.5, 0.6) is 0 Å². The van der Waals surface area contributed by atoms with Crippen LogP contribution in [0.4, 0.5) is 34.1 Å². The first-order chi connectivity index (χ1) is 23.7. The zero-order valence-corrected chi connectivity index (χ0v) is 26.5. The Morgan fingerprint density at radius 3 is 1.81 bits per heavy atom. The largest absolute Gasteiger partial charge is 0.306 e. The van der Waals surface area contributed by atoms with Gasteiger partial charge in [0.25, 0.3) is 0 Å². The van der Waals surface area contributed by atoms with E-state index in [1.54, 1.807) is 0 Å². The lowest BCUT2D eigenvalue weighted by Crippen LogP contribution is -2.24. The predicted octanol–water partition coefficient (Wildman–Crippen LogP) is 11.1. The smallest absolute Gasteiger partial charge is 0.113 e. The highest BCUT2D eigenvalue weighted by atomic mass is 15.3. The van der Waals surface area contributed by atoms with Gasteiger partial charge in [-0.05, 0) is 82.9 Å². The van der Waals surface area contributed by atoms with Gasteiger partial charge < -0.3 is 9.80 Å². The molecule has 0 N–H and O–H groups in total. The third kappa shape index (κ3) is 4.49. The first-order valence-electron chi connectivity index (χ1n) is 16.3. The van der Waals surface area contributed by atoms with Gasteiger partial charge >= 0.3 is 0 Å². The SMILES string of the molecule is [B]c1ccc(-c2cc(-c3cccc4ccccc34)c3c(C)ccc(N4c5ccccc5N(c5ccccc5)c5ccccc54)c3n2)cc1. The van der Waals surface area contributed by atoms with Crippen LogP contribution in [0.1, 0.15) is 5.56 Å². The fraction of sp³-hybridized carbons (Fsp3) is 0.0227. The zero-order valence-electron chi connectivity index (χ0n) is 26.5. The molecule has 224 valence electrons. The summed E-state index contributed by atoms with van der Waals surface area (Å²) in [5.74, 6) is 0. The van der Waals surface area contributed by atoms with Gasteiger partial charge in [-0.25, -0.2) is 4.98 Å². The number of hydrogen-bond donors (Lipinski definition) is 0. The Kier molecular flexibility index (Phi) is 6.61. The Morgan fingerprint density at radius 2 is 1.10 bits per heavy atom. The minimum atomic E-state index is 0.731. The molecule has 0 saturated heterocycles. The fourth-order valence-corrected chi connectivity index (χ4v) is 7.21. The minimum absolute atomic E-state index is 0.731. The van der Waals surface area contributed by atoms with E-state index in [1.807, 2.05) is 12.1 Å². The topological polar surface area (TPSA) is 19.4 Å². The molecule has 8 aromatic rings. The number of benzene rings is 7. The van der Waals surface area contributed by atoms with Crippen molar-refractivity contribution in [3.63, 3.8) is 0 Å². The van der Waals surface area contributed by atoms with Gasteiger partial charge in [0.15, 0.2) is 0 Å². The number of fused-ring (bicyclic) bond motifs is 4. The van der Waals surface area contributed by atoms with E-state index in [4.69, 9.17) is 12.8 Å². The number of aryl methyl sites for hydroxylation is 1. The number of anilines is 6. The zero-order chi connectivity index (χ0) is 32.2. The lowest BCUT2D eigenvalue weighted by molar-refractivity contribution is 1.17. The molecule has 0 saturated carbocycles. The van der Waals surface area contributed by atoms with Crippen molar-refractivity contribution in [2.45, 2.75) is 6.92 Å². The average Bonchev–Trinajstić information content (AvgIpc) is 3.14. The highest BCUT2D eigenvalue weighted by molar-refractivity contribution is 6.32. The number of hydrogen-bond acceptors (Lipinski definition) is 3. The molecule has 1 aromatic heterocycles. The first kappa shape index (κ1) is 28.1. The summed E-state index contributed by atoms with van der Waals surface area (Å²) in [5.41, 5.74) is 13.7. The van der Waals surface area contributed by atoms with Gasteiger partial charge in [-0.15, -0.1) is 0 Å². The maximum atomic E-state index is 6.13. The highest BCUT2D eigenvalue weighted by Crippen LogP contribution is 2.55. The molecular weight excluding hydrogens is 581 g/mol. The Hall–Kier alpha value is -6.13. The van der Waals surface area contributed by atoms with Crippen molar-refractivity contribution < 1.29 is 0 Å². The quantitative estimate of drug-likeness (QED) is 0.185. The van der Waals surface area contributed by atoms with E-state index in [0.29, 0.717) is 0 Å². The third-order valence-electron chi connectivity index (χ3n) is 9.42. The van der Waals surface area contributed by atoms with Gasteiger partial charge in [0.05, 0.1) is 39.6 Å². The van der Waals surface area contributed by atoms with Crippen LogP contribution in [-0.2, 0) is 0 Å². The molecule has 0 bridgehead atoms. The van der Waals surface area contributed by atoms with E-state index >= 15 is 0 Å². The molecular formula is C44H30BN3. The molecule has 7 aromatic carbocycles. The second-order valence-corrected chi connectivity index (χ2v) is 12.3. The summed E-state index contributed by atoms with van der Waals surface area (Å²) >= 11 is 0. The number of aromatic nitrogens is 1. The van der Waals surface area contributed by atoms with Gasteiger partial charge in [-0.2, -0.15) is 0 Å². The van der Waals surface area contributed by atoms with Crippen LogP contribution in [0.25, 0.3) is 44.1 Å². The second kappa shape index (κ2) is 11.3. The fourth-order valence-electron chi connectivity index (χ4n) is 7.21. The molecule has 0 amide bonds. The summed E-state index contributed by atoms with van der Waals surface area (Å²) in [4.78, 5) is 10.2. The lowest BCUT2D eigenvalue weighted by atomic mass is 9.90. The lowest BCUT2D eigenvalue weighted by Gasteiger charge is -2.40. The van der Waals surface area contributed by atoms with Crippen molar-refractivity contribution >= 4 is 69.1 Å². The number of nitrogens with zero attached hydrogens (tertiary/aromatic N) is 3. The van der Waals surface area contributed by atoms with Gasteiger partial charge in [-0.1, -0.05) is 121 Å². The maximum Gasteiger partial charge on any atom is 0.113 e. The van der Waals surface area contributed by atoms with Crippen molar-refractivity contribution in [3.05, 3.63) is 169 Å². The monoisotopic (exact) mass is 611 g/mol. The van der Waals surface area contributed by atoms with Crippen molar-refractivity contribution in [3.8, 4) is 22.4 Å². The molecule has 0 fully saturated rings. The van der Waals surface area contributed by atoms with E-state index in [-0.39, 0.29) is 0 Å². The molecule has 0 aliphatic carbocycles. The molecule has 1 aliphatic rings. The standard InChI is InChI=1S/C44H30BN3/c1-29-22-27-42(48-40-20-9-7-18-38(40)47(33-14-3-2-4-15-33)39-19-8-10-21-41(39)48)44-43(29)36(28-37(46-44)31-23-25-32(45)26-24-31)35-17-11-13-30-12-5-6-16-34(30)35/h2-28H,1H3. The van der Waals surface area contributed by atoms with Crippen LogP contribution in [0, 0.1) is 6.92 Å². The minimum Gasteiger partial charge on any atom is -0.306 e. The molecule has 48 heavy (non-hydrogen) atoms. The summed E-state index contributed by atoms with van der Waals surface area (Å²) in [7, 11) is 6.13. The molecule has 2 radical (unpaired) electrons. The molecule has 0 atom stereocenters. The average molecular weight is 612 g/mol. The van der Waals surface area contributed by atoms with Crippen LogP contribution in [0.15, 0.2) is 164 Å². The van der Waals surface area contributed by atoms with E-state index in [1.165, 1.54) is 21.9 Å². The highest BCUT2D eigenvalue weighted by Gasteiger charge is 2.31. The van der Waals surface area contributed by atoms with Crippen LogP contribution >= 0.6 is 0 Å². The second-order valence-electron chi connectivity index (χ2n) is 12.3. The number of pyridine rings is 1. The Balaban J connectivity index is 1.37. The molecule has 0 unspecified atom stereocenters. The summed E-state index contributed by atoms with van der Waals surface area (Å²) in [6, 6.07) is 57.8. The number of para-hydroxylation sites is 5. The Labute approximate surface area is 281 Å². The van der Waals surface area contributed by atoms with Gasteiger partial charge in [0.1, 0.15) is 7.85 Å². The van der Waals surface area contributed by atoms with Gasteiger partial charge in [-0.3, -0.25) is 0 Å². The summed E-state index contributed by atoms with van der Waals surface area (Å²) < 4.78 is 0. The summed E-state index contributed by atoms with van der Waals surface area (Å²) in [6.45, 7) is 2.19. The first-order valence-corrected chi connectivity index (χ1v) is 16.3. The van der Waals surface area contributed by atoms with E-state index < -0.39 is 0 Å². The van der Waals surface area contributed by atoms with Crippen LogP contribution < -0.4 is 15.3 Å². The van der Waals surface area contributed by atoms with Gasteiger partial charge in [0.2, 0.25) is 0 Å². The van der Waals surface area contributed by atoms with Crippen LogP contribution in [0.2, 0.25) is 0 Å². The van der Waals surface area contributed by atoms with Crippen molar-refractivity contribution in [1.82, 2.24) is 4.98 Å². The van der Waals surface area contributed by atoms with Crippen molar-refractivity contribution in [1.29, 1.82) is 0 Å². The maximum absolute atomic E-state index is 6.13. The molecule has 0 spiro atoms.